The maximum Gasteiger partial charge on any atom is 0.323 e. The van der Waals surface area contributed by atoms with Crippen molar-refractivity contribution in [1.82, 2.24) is 0 Å². The monoisotopic (exact) mass is 415 g/mol. The standard InChI is InChI=1S/C25H25N3O3/c1-2-31-22-13-10-20(11-14-22)26-25(30)27-21-12-15-23-19(17-21)9-6-16-28(23)24(29)18-7-4-3-5-8-18/h3-5,7-8,10-15,17H,2,6,9,16H2,1H3,(H2,26,27,30). The van der Waals surface area contributed by atoms with Crippen LogP contribution in [0.3, 0.4) is 0 Å². The Labute approximate surface area is 181 Å². The van der Waals surface area contributed by atoms with Crippen molar-refractivity contribution in [3.8, 4) is 5.75 Å². The summed E-state index contributed by atoms with van der Waals surface area (Å²) >= 11 is 0. The SMILES string of the molecule is CCOc1ccc(NC(=O)Nc2ccc3c(c2)CCCN3C(=O)c2ccccc2)cc1. The number of amides is 3. The fourth-order valence-corrected chi connectivity index (χ4v) is 3.72. The summed E-state index contributed by atoms with van der Waals surface area (Å²) in [6.07, 6.45) is 1.75. The number of benzene rings is 3. The average molecular weight is 415 g/mol. The fraction of sp³-hybridized carbons (Fsp3) is 0.200. The first kappa shape index (κ1) is 20.5. The van der Waals surface area contributed by atoms with E-state index < -0.39 is 0 Å². The van der Waals surface area contributed by atoms with Crippen LogP contribution in [-0.4, -0.2) is 25.1 Å². The molecule has 3 amide bonds. The summed E-state index contributed by atoms with van der Waals surface area (Å²) in [5.41, 5.74) is 3.99. The molecule has 2 N–H and O–H groups in total. The minimum atomic E-state index is -0.322. The van der Waals surface area contributed by atoms with Crippen LogP contribution in [0, 0.1) is 0 Å². The van der Waals surface area contributed by atoms with Gasteiger partial charge in [0.05, 0.1) is 6.61 Å². The molecule has 1 aliphatic rings. The Morgan fingerprint density at radius 1 is 0.935 bits per heavy atom. The van der Waals surface area contributed by atoms with E-state index in [-0.39, 0.29) is 11.9 Å². The van der Waals surface area contributed by atoms with Gasteiger partial charge in [-0.15, -0.1) is 0 Å². The molecular formula is C25H25N3O3. The first-order valence-corrected chi connectivity index (χ1v) is 10.4. The summed E-state index contributed by atoms with van der Waals surface area (Å²) in [4.78, 5) is 27.1. The minimum Gasteiger partial charge on any atom is -0.494 e. The van der Waals surface area contributed by atoms with E-state index in [1.165, 1.54) is 0 Å². The third-order valence-corrected chi connectivity index (χ3v) is 5.15. The normalized spacial score (nSPS) is 12.6. The second-order valence-electron chi connectivity index (χ2n) is 7.31. The molecule has 0 fully saturated rings. The second-order valence-corrected chi connectivity index (χ2v) is 7.31. The highest BCUT2D eigenvalue weighted by atomic mass is 16.5. The van der Waals surface area contributed by atoms with Gasteiger partial charge >= 0.3 is 6.03 Å². The lowest BCUT2D eigenvalue weighted by Crippen LogP contribution is -2.35. The second kappa shape index (κ2) is 9.34. The fourth-order valence-electron chi connectivity index (χ4n) is 3.72. The zero-order valence-corrected chi connectivity index (χ0v) is 17.4. The van der Waals surface area contributed by atoms with Gasteiger partial charge in [0.2, 0.25) is 0 Å². The third-order valence-electron chi connectivity index (χ3n) is 5.15. The molecule has 0 radical (unpaired) electrons. The van der Waals surface area contributed by atoms with Crippen LogP contribution in [-0.2, 0) is 6.42 Å². The van der Waals surface area contributed by atoms with E-state index in [0.29, 0.717) is 30.1 Å². The smallest absolute Gasteiger partial charge is 0.323 e. The number of carbonyl (C=O) groups excluding carboxylic acids is 2. The first-order valence-electron chi connectivity index (χ1n) is 10.4. The van der Waals surface area contributed by atoms with Crippen LogP contribution in [0.4, 0.5) is 21.9 Å². The number of carbonyl (C=O) groups is 2. The maximum atomic E-state index is 12.9. The molecule has 3 aromatic rings. The number of hydrogen-bond acceptors (Lipinski definition) is 3. The lowest BCUT2D eigenvalue weighted by atomic mass is 10.00. The molecule has 0 unspecified atom stereocenters. The molecule has 4 rings (SSSR count). The average Bonchev–Trinajstić information content (AvgIpc) is 2.80. The number of aryl methyl sites for hydroxylation is 1. The summed E-state index contributed by atoms with van der Waals surface area (Å²) in [5, 5.41) is 5.69. The number of hydrogen-bond donors (Lipinski definition) is 2. The zero-order valence-electron chi connectivity index (χ0n) is 17.4. The van der Waals surface area contributed by atoms with E-state index in [1.54, 1.807) is 12.1 Å². The van der Waals surface area contributed by atoms with E-state index in [4.69, 9.17) is 4.74 Å². The van der Waals surface area contributed by atoms with Gasteiger partial charge in [0.1, 0.15) is 5.75 Å². The quantitative estimate of drug-likeness (QED) is 0.592. The number of rotatable bonds is 5. The van der Waals surface area contributed by atoms with Crippen LogP contribution in [0.15, 0.2) is 72.8 Å². The number of fused-ring (bicyclic) bond motifs is 1. The van der Waals surface area contributed by atoms with Gasteiger partial charge in [-0.05, 0) is 79.9 Å². The Morgan fingerprint density at radius 2 is 1.65 bits per heavy atom. The molecule has 3 aromatic carbocycles. The molecule has 0 bridgehead atoms. The number of nitrogens with one attached hydrogen (secondary N) is 2. The highest BCUT2D eigenvalue weighted by molar-refractivity contribution is 6.07. The van der Waals surface area contributed by atoms with E-state index >= 15 is 0 Å². The number of urea groups is 1. The predicted molar refractivity (Wildman–Crippen MR) is 123 cm³/mol. The van der Waals surface area contributed by atoms with Crippen molar-refractivity contribution in [3.05, 3.63) is 83.9 Å². The molecule has 0 saturated carbocycles. The zero-order chi connectivity index (χ0) is 21.6. The van der Waals surface area contributed by atoms with Gasteiger partial charge in [0.25, 0.3) is 5.91 Å². The summed E-state index contributed by atoms with van der Waals surface area (Å²) in [7, 11) is 0. The number of ether oxygens (including phenoxy) is 1. The highest BCUT2D eigenvalue weighted by Crippen LogP contribution is 2.31. The van der Waals surface area contributed by atoms with Crippen LogP contribution in [0.1, 0.15) is 29.3 Å². The summed E-state index contributed by atoms with van der Waals surface area (Å²) in [6.45, 7) is 3.21. The molecule has 0 atom stereocenters. The molecule has 6 heteroatoms. The van der Waals surface area contributed by atoms with Gasteiger partial charge in [-0.2, -0.15) is 0 Å². The lowest BCUT2D eigenvalue weighted by Gasteiger charge is -2.30. The van der Waals surface area contributed by atoms with Gasteiger partial charge in [-0.3, -0.25) is 4.79 Å². The van der Waals surface area contributed by atoms with Crippen LogP contribution in [0.5, 0.6) is 5.75 Å². The maximum absolute atomic E-state index is 12.9. The minimum absolute atomic E-state index is 0.00417. The first-order chi connectivity index (χ1) is 15.1. The number of anilines is 3. The molecule has 0 spiro atoms. The molecule has 0 saturated heterocycles. The molecule has 6 nitrogen and oxygen atoms in total. The van der Waals surface area contributed by atoms with Crippen molar-refractivity contribution in [2.45, 2.75) is 19.8 Å². The predicted octanol–water partition coefficient (Wildman–Crippen LogP) is 5.32. The van der Waals surface area contributed by atoms with Crippen molar-refractivity contribution in [1.29, 1.82) is 0 Å². The molecule has 158 valence electrons. The van der Waals surface area contributed by atoms with Gasteiger partial charge in [0.15, 0.2) is 0 Å². The van der Waals surface area contributed by atoms with E-state index in [9.17, 15) is 9.59 Å². The molecule has 0 aromatic heterocycles. The van der Waals surface area contributed by atoms with Crippen molar-refractivity contribution in [3.63, 3.8) is 0 Å². The Balaban J connectivity index is 1.44. The van der Waals surface area contributed by atoms with E-state index in [0.717, 1.165) is 29.8 Å². The Bertz CT molecular complexity index is 1070. The molecule has 31 heavy (non-hydrogen) atoms. The topological polar surface area (TPSA) is 70.7 Å². The third kappa shape index (κ3) is 4.86. The summed E-state index contributed by atoms with van der Waals surface area (Å²) in [6, 6.07) is 21.9. The Morgan fingerprint density at radius 3 is 2.39 bits per heavy atom. The van der Waals surface area contributed by atoms with Crippen LogP contribution in [0.25, 0.3) is 0 Å². The van der Waals surface area contributed by atoms with Crippen LogP contribution in [0.2, 0.25) is 0 Å². The Hall–Kier alpha value is -3.80. The highest BCUT2D eigenvalue weighted by Gasteiger charge is 2.23. The summed E-state index contributed by atoms with van der Waals surface area (Å²) < 4.78 is 5.41. The number of nitrogens with zero attached hydrogens (tertiary/aromatic N) is 1. The van der Waals surface area contributed by atoms with Crippen LogP contribution >= 0.6 is 0 Å². The van der Waals surface area contributed by atoms with Gasteiger partial charge < -0.3 is 20.3 Å². The van der Waals surface area contributed by atoms with Crippen molar-refractivity contribution in [2.75, 3.05) is 28.7 Å². The van der Waals surface area contributed by atoms with Crippen LogP contribution < -0.4 is 20.3 Å². The van der Waals surface area contributed by atoms with Crippen molar-refractivity contribution in [2.24, 2.45) is 0 Å². The molecule has 1 aliphatic heterocycles. The molecular weight excluding hydrogens is 390 g/mol. The lowest BCUT2D eigenvalue weighted by molar-refractivity contribution is 0.0985. The van der Waals surface area contributed by atoms with Gasteiger partial charge in [0, 0.05) is 29.2 Å². The van der Waals surface area contributed by atoms with E-state index in [2.05, 4.69) is 10.6 Å². The molecule has 0 aliphatic carbocycles. The van der Waals surface area contributed by atoms with Crippen molar-refractivity contribution < 1.29 is 14.3 Å². The van der Waals surface area contributed by atoms with Crippen molar-refractivity contribution >= 4 is 29.0 Å². The summed E-state index contributed by atoms with van der Waals surface area (Å²) in [5.74, 6) is 0.758. The molecule has 1 heterocycles. The van der Waals surface area contributed by atoms with Gasteiger partial charge in [-0.25, -0.2) is 4.79 Å². The Kier molecular flexibility index (Phi) is 6.17. The van der Waals surface area contributed by atoms with Gasteiger partial charge in [-0.1, -0.05) is 18.2 Å². The largest absolute Gasteiger partial charge is 0.494 e. The van der Waals surface area contributed by atoms with E-state index in [1.807, 2.05) is 72.5 Å².